The van der Waals surface area contributed by atoms with E-state index in [4.69, 9.17) is 27.6 Å². The van der Waals surface area contributed by atoms with Gasteiger partial charge in [-0.2, -0.15) is 13.2 Å². The maximum absolute atomic E-state index is 12.8. The molecule has 1 aromatic carbocycles. The molecule has 1 aliphatic rings. The van der Waals surface area contributed by atoms with Crippen LogP contribution in [0.2, 0.25) is 10.0 Å². The van der Waals surface area contributed by atoms with Gasteiger partial charge in [0.05, 0.1) is 27.6 Å². The van der Waals surface area contributed by atoms with Gasteiger partial charge in [-0.3, -0.25) is 4.98 Å². The average molecular weight is 512 g/mol. The number of halogens is 5. The zero-order chi connectivity index (χ0) is 24.5. The summed E-state index contributed by atoms with van der Waals surface area (Å²) in [6.45, 7) is 0.602. The van der Waals surface area contributed by atoms with Crippen molar-refractivity contribution in [1.82, 2.24) is 9.88 Å². The fourth-order valence-corrected chi connectivity index (χ4v) is 4.13. The number of alkyl halides is 3. The summed E-state index contributed by atoms with van der Waals surface area (Å²) in [6, 6.07) is 7.51. The lowest BCUT2D eigenvalue weighted by molar-refractivity contribution is -0.137. The minimum Gasteiger partial charge on any atom is -0.466 e. The van der Waals surface area contributed by atoms with Crippen molar-refractivity contribution < 1.29 is 27.5 Å². The number of nitrogens with one attached hydrogen (secondary N) is 1. The molecule has 3 heterocycles. The summed E-state index contributed by atoms with van der Waals surface area (Å²) in [4.78, 5) is 18.4. The summed E-state index contributed by atoms with van der Waals surface area (Å²) in [5.74, 6) is 0.374. The molecule has 0 saturated carbocycles. The lowest BCUT2D eigenvalue weighted by atomic mass is 10.0. The van der Waals surface area contributed by atoms with Gasteiger partial charge in [-0.1, -0.05) is 29.3 Å². The minimum atomic E-state index is -4.57. The number of carbonyl (C=O) groups excluding carboxylic acids is 1. The van der Waals surface area contributed by atoms with Crippen LogP contribution in [0.5, 0.6) is 0 Å². The molecule has 2 amide bonds. The smallest absolute Gasteiger partial charge is 0.417 e. The van der Waals surface area contributed by atoms with Crippen molar-refractivity contribution in [3.05, 3.63) is 87.6 Å². The Bertz CT molecular complexity index is 1230. The van der Waals surface area contributed by atoms with Crippen molar-refractivity contribution in [3.8, 4) is 0 Å². The third-order valence-corrected chi connectivity index (χ3v) is 5.92. The Morgan fingerprint density at radius 3 is 2.59 bits per heavy atom. The Labute approximate surface area is 202 Å². The van der Waals surface area contributed by atoms with Crippen LogP contribution < -0.4 is 5.32 Å². The maximum atomic E-state index is 12.8. The molecule has 0 saturated heterocycles. The summed E-state index contributed by atoms with van der Waals surface area (Å²) < 4.78 is 43.7. The van der Waals surface area contributed by atoms with Gasteiger partial charge in [0.25, 0.3) is 0 Å². The first-order chi connectivity index (χ1) is 16.1. The average Bonchev–Trinajstić information content (AvgIpc) is 3.33. The van der Waals surface area contributed by atoms with Crippen LogP contribution in [0.3, 0.4) is 0 Å². The van der Waals surface area contributed by atoms with E-state index in [0.29, 0.717) is 35.0 Å². The summed E-state index contributed by atoms with van der Waals surface area (Å²) >= 11 is 12.1. The van der Waals surface area contributed by atoms with Crippen LogP contribution in [0.15, 0.2) is 59.4 Å². The van der Waals surface area contributed by atoms with Crippen LogP contribution in [0.4, 0.5) is 23.7 Å². The molecule has 2 aromatic heterocycles. The van der Waals surface area contributed by atoms with Gasteiger partial charge in [-0.15, -0.1) is 0 Å². The normalized spacial score (nSPS) is 15.1. The first kappa shape index (κ1) is 24.1. The molecule has 0 bridgehead atoms. The highest BCUT2D eigenvalue weighted by Gasteiger charge is 2.33. The van der Waals surface area contributed by atoms with E-state index in [0.717, 1.165) is 23.8 Å². The van der Waals surface area contributed by atoms with Crippen LogP contribution >= 0.6 is 23.2 Å². The molecule has 1 unspecified atom stereocenters. The number of anilines is 1. The van der Waals surface area contributed by atoms with Crippen molar-refractivity contribution in [2.45, 2.75) is 18.7 Å². The third-order valence-electron chi connectivity index (χ3n) is 5.32. The number of rotatable bonds is 4. The number of aromatic nitrogens is 1. The Hall–Kier alpha value is -3.01. The summed E-state index contributed by atoms with van der Waals surface area (Å²) in [5, 5.41) is 12.8. The second-order valence-electron chi connectivity index (χ2n) is 7.56. The zero-order valence-electron chi connectivity index (χ0n) is 17.4. The highest BCUT2D eigenvalue weighted by atomic mass is 35.5. The number of pyridine rings is 1. The van der Waals surface area contributed by atoms with Crippen molar-refractivity contribution in [2.24, 2.45) is 0 Å². The molecule has 0 radical (unpaired) electrons. The Balaban J connectivity index is 1.41. The molecule has 2 N–H and O–H groups in total. The van der Waals surface area contributed by atoms with Gasteiger partial charge < -0.3 is 19.7 Å². The van der Waals surface area contributed by atoms with Crippen molar-refractivity contribution in [1.29, 1.82) is 0 Å². The number of benzene rings is 1. The number of aliphatic hydroxyl groups is 1. The predicted octanol–water partition coefficient (Wildman–Crippen LogP) is 6.40. The molecule has 1 aliphatic heterocycles. The number of urea groups is 1. The van der Waals surface area contributed by atoms with Crippen LogP contribution in [0, 0.1) is 0 Å². The van der Waals surface area contributed by atoms with Crippen LogP contribution in [-0.4, -0.2) is 34.1 Å². The fourth-order valence-electron chi connectivity index (χ4n) is 3.54. The molecule has 6 nitrogen and oxygen atoms in total. The van der Waals surface area contributed by atoms with E-state index in [9.17, 15) is 23.1 Å². The molecule has 1 atom stereocenters. The molecule has 4 rings (SSSR count). The third kappa shape index (κ3) is 5.22. The quantitative estimate of drug-likeness (QED) is 0.424. The number of hydrogen-bond donors (Lipinski definition) is 2. The van der Waals surface area contributed by atoms with Crippen LogP contribution in [0.1, 0.15) is 35.1 Å². The Morgan fingerprint density at radius 2 is 2.00 bits per heavy atom. The molecular formula is C23H18Cl2F3N3O3. The van der Waals surface area contributed by atoms with Crippen LogP contribution in [-0.2, 0) is 6.18 Å². The lowest BCUT2D eigenvalue weighted by Crippen LogP contribution is -2.38. The lowest BCUT2D eigenvalue weighted by Gasteiger charge is -2.27. The molecule has 0 spiro atoms. The van der Waals surface area contributed by atoms with Crippen molar-refractivity contribution in [3.63, 3.8) is 0 Å². The molecule has 0 fully saturated rings. The highest BCUT2D eigenvalue weighted by Crippen LogP contribution is 2.36. The Kier molecular flexibility index (Phi) is 6.88. The summed E-state index contributed by atoms with van der Waals surface area (Å²) in [5.41, 5.74) is 1.06. The summed E-state index contributed by atoms with van der Waals surface area (Å²) in [7, 11) is 0. The van der Waals surface area contributed by atoms with Gasteiger partial charge >= 0.3 is 12.2 Å². The number of amides is 2. The maximum Gasteiger partial charge on any atom is 0.417 e. The van der Waals surface area contributed by atoms with Gasteiger partial charge in [0.15, 0.2) is 0 Å². The van der Waals surface area contributed by atoms with E-state index in [1.807, 2.05) is 0 Å². The second kappa shape index (κ2) is 9.69. The monoisotopic (exact) mass is 511 g/mol. The van der Waals surface area contributed by atoms with E-state index in [1.165, 1.54) is 17.4 Å². The van der Waals surface area contributed by atoms with E-state index >= 15 is 0 Å². The first-order valence-corrected chi connectivity index (χ1v) is 10.9. The number of carbonyl (C=O) groups is 1. The van der Waals surface area contributed by atoms with E-state index in [2.05, 4.69) is 10.3 Å². The van der Waals surface area contributed by atoms with E-state index < -0.39 is 28.9 Å². The van der Waals surface area contributed by atoms with E-state index in [1.54, 1.807) is 24.3 Å². The Morgan fingerprint density at radius 1 is 1.21 bits per heavy atom. The van der Waals surface area contributed by atoms with Crippen molar-refractivity contribution >= 4 is 40.5 Å². The van der Waals surface area contributed by atoms with Crippen LogP contribution in [0.25, 0.3) is 5.57 Å². The topological polar surface area (TPSA) is 78.6 Å². The number of aliphatic hydroxyl groups excluding tert-OH is 1. The zero-order valence-corrected chi connectivity index (χ0v) is 19.0. The molecule has 0 aliphatic carbocycles. The second-order valence-corrected chi connectivity index (χ2v) is 8.38. The standard InChI is InChI=1S/C23H18Cl2F3N3O3/c24-17-11-15(3-4-16(17)23(26,27)28)30-22(33)31-7-5-13(6-8-31)20-18(25)10-14(12-29-20)21(32)19-2-1-9-34-19/h1-5,9-12,21,32H,6-8H2,(H,30,33). The van der Waals surface area contributed by atoms with E-state index in [-0.39, 0.29) is 12.2 Å². The predicted molar refractivity (Wildman–Crippen MR) is 122 cm³/mol. The summed E-state index contributed by atoms with van der Waals surface area (Å²) in [6.07, 6.45) is -0.315. The molecule has 34 heavy (non-hydrogen) atoms. The van der Waals surface area contributed by atoms with Gasteiger partial charge in [0, 0.05) is 30.5 Å². The van der Waals surface area contributed by atoms with Gasteiger partial charge in [0.2, 0.25) is 0 Å². The number of furan rings is 1. The van der Waals surface area contributed by atoms with Crippen molar-refractivity contribution in [2.75, 3.05) is 18.4 Å². The SMILES string of the molecule is O=C(Nc1ccc(C(F)(F)F)c(Cl)c1)N1CC=C(c2ncc(C(O)c3ccco3)cc2Cl)CC1. The largest absolute Gasteiger partial charge is 0.466 e. The number of nitrogens with zero attached hydrogens (tertiary/aromatic N) is 2. The fraction of sp³-hybridized carbons (Fsp3) is 0.217. The minimum absolute atomic E-state index is 0.160. The molecule has 11 heteroatoms. The number of hydrogen-bond acceptors (Lipinski definition) is 4. The van der Waals surface area contributed by atoms with Gasteiger partial charge in [0.1, 0.15) is 11.9 Å². The van der Waals surface area contributed by atoms with Gasteiger partial charge in [-0.05, 0) is 48.4 Å². The highest BCUT2D eigenvalue weighted by molar-refractivity contribution is 6.32. The molecule has 178 valence electrons. The molecular weight excluding hydrogens is 494 g/mol. The molecule has 3 aromatic rings. The first-order valence-electron chi connectivity index (χ1n) is 10.1. The van der Waals surface area contributed by atoms with Gasteiger partial charge in [-0.25, -0.2) is 4.79 Å².